The average Bonchev–Trinajstić information content (AvgIpc) is 2.70. The third kappa shape index (κ3) is 8.57. The molecule has 2 aromatic rings. The predicted molar refractivity (Wildman–Crippen MR) is 118 cm³/mol. The molecular formula is C24H35N2O3+. The van der Waals surface area contributed by atoms with E-state index in [1.165, 1.54) is 5.56 Å². The standard InChI is InChI=1S/C24H34N2O3/c1-26(2,3)17-16-25-24(27)21-14-15-22(23(19-21)28-4)29-18-10-6-9-13-20-11-7-5-8-12-20/h5,7-8,11-12,14-15,19H,6,9-10,13,16-18H2,1-4H3/p+1. The number of hydrogen-bond donors (Lipinski definition) is 1. The van der Waals surface area contributed by atoms with Gasteiger partial charge in [0.2, 0.25) is 0 Å². The van der Waals surface area contributed by atoms with Crippen LogP contribution in [0.2, 0.25) is 0 Å². The number of likely N-dealkylation sites (N-methyl/N-ethyl adjacent to an activating group) is 1. The summed E-state index contributed by atoms with van der Waals surface area (Å²) in [5.74, 6) is 1.18. The van der Waals surface area contributed by atoms with Crippen molar-refractivity contribution in [1.29, 1.82) is 0 Å². The molecule has 0 unspecified atom stereocenters. The van der Waals surface area contributed by atoms with E-state index in [1.54, 1.807) is 19.2 Å². The molecule has 2 aromatic carbocycles. The second-order valence-corrected chi connectivity index (χ2v) is 8.28. The first-order valence-electron chi connectivity index (χ1n) is 10.3. The normalized spacial score (nSPS) is 11.2. The van der Waals surface area contributed by atoms with E-state index in [1.807, 2.05) is 12.1 Å². The molecule has 0 aliphatic rings. The minimum atomic E-state index is -0.0933. The molecule has 1 amide bonds. The number of unbranched alkanes of at least 4 members (excludes halogenated alkanes) is 2. The van der Waals surface area contributed by atoms with Gasteiger partial charge >= 0.3 is 0 Å². The van der Waals surface area contributed by atoms with Crippen LogP contribution in [0, 0.1) is 0 Å². The van der Waals surface area contributed by atoms with Gasteiger partial charge < -0.3 is 19.3 Å². The summed E-state index contributed by atoms with van der Waals surface area (Å²) >= 11 is 0. The third-order valence-electron chi connectivity index (χ3n) is 4.70. The molecule has 2 rings (SSSR count). The Morgan fingerprint density at radius 1 is 0.966 bits per heavy atom. The van der Waals surface area contributed by atoms with Crippen molar-refractivity contribution in [2.45, 2.75) is 25.7 Å². The molecule has 1 N–H and O–H groups in total. The van der Waals surface area contributed by atoms with Gasteiger partial charge in [-0.3, -0.25) is 4.79 Å². The van der Waals surface area contributed by atoms with E-state index in [0.29, 0.717) is 30.2 Å². The van der Waals surface area contributed by atoms with Crippen LogP contribution >= 0.6 is 0 Å². The van der Waals surface area contributed by atoms with Crippen molar-refractivity contribution in [3.63, 3.8) is 0 Å². The van der Waals surface area contributed by atoms with Crippen molar-refractivity contribution in [2.24, 2.45) is 0 Å². The summed E-state index contributed by atoms with van der Waals surface area (Å²) in [6.45, 7) is 2.14. The summed E-state index contributed by atoms with van der Waals surface area (Å²) in [5.41, 5.74) is 1.96. The van der Waals surface area contributed by atoms with Crippen LogP contribution in [0.1, 0.15) is 35.2 Å². The number of ether oxygens (including phenoxy) is 2. The second-order valence-electron chi connectivity index (χ2n) is 8.28. The van der Waals surface area contributed by atoms with Gasteiger partial charge in [0.1, 0.15) is 0 Å². The van der Waals surface area contributed by atoms with Gasteiger partial charge in [-0.2, -0.15) is 0 Å². The quantitative estimate of drug-likeness (QED) is 0.435. The number of quaternary nitrogens is 1. The summed E-state index contributed by atoms with van der Waals surface area (Å²) in [5, 5.41) is 2.96. The highest BCUT2D eigenvalue weighted by molar-refractivity contribution is 5.94. The Kier molecular flexibility index (Phi) is 9.00. The van der Waals surface area contributed by atoms with E-state index in [0.717, 1.165) is 36.7 Å². The monoisotopic (exact) mass is 399 g/mol. The Morgan fingerprint density at radius 2 is 1.72 bits per heavy atom. The van der Waals surface area contributed by atoms with Gasteiger partial charge in [0.15, 0.2) is 11.5 Å². The van der Waals surface area contributed by atoms with Gasteiger partial charge in [-0.1, -0.05) is 30.3 Å². The predicted octanol–water partition coefficient (Wildman–Crippen LogP) is 3.92. The lowest BCUT2D eigenvalue weighted by molar-refractivity contribution is -0.869. The molecule has 0 atom stereocenters. The highest BCUT2D eigenvalue weighted by atomic mass is 16.5. The number of aryl methyl sites for hydroxylation is 1. The molecule has 0 spiro atoms. The number of nitrogens with one attached hydrogen (secondary N) is 1. The number of rotatable bonds is 12. The van der Waals surface area contributed by atoms with Crippen LogP contribution in [0.15, 0.2) is 48.5 Å². The number of carbonyl (C=O) groups excluding carboxylic acids is 1. The van der Waals surface area contributed by atoms with Crippen LogP contribution in [-0.2, 0) is 6.42 Å². The first kappa shape index (κ1) is 22.8. The molecule has 0 fully saturated rings. The molecule has 5 heteroatoms. The molecule has 0 heterocycles. The van der Waals surface area contributed by atoms with Crippen molar-refractivity contribution in [3.8, 4) is 11.5 Å². The number of methoxy groups -OCH3 is 1. The average molecular weight is 400 g/mol. The summed E-state index contributed by atoms with van der Waals surface area (Å²) in [6, 6.07) is 15.9. The zero-order chi connectivity index (χ0) is 21.1. The van der Waals surface area contributed by atoms with Crippen molar-refractivity contribution >= 4 is 5.91 Å². The van der Waals surface area contributed by atoms with E-state index in [2.05, 4.69) is 50.7 Å². The number of benzene rings is 2. The van der Waals surface area contributed by atoms with E-state index in [4.69, 9.17) is 9.47 Å². The molecule has 0 saturated heterocycles. The largest absolute Gasteiger partial charge is 0.493 e. The minimum absolute atomic E-state index is 0.0933. The van der Waals surface area contributed by atoms with Gasteiger partial charge in [-0.25, -0.2) is 0 Å². The Morgan fingerprint density at radius 3 is 2.41 bits per heavy atom. The topological polar surface area (TPSA) is 47.6 Å². The molecule has 5 nitrogen and oxygen atoms in total. The third-order valence-corrected chi connectivity index (χ3v) is 4.70. The van der Waals surface area contributed by atoms with Gasteiger partial charge in [0, 0.05) is 5.56 Å². The maximum absolute atomic E-state index is 12.3. The van der Waals surface area contributed by atoms with Crippen LogP contribution in [-0.4, -0.2) is 58.3 Å². The van der Waals surface area contributed by atoms with E-state index >= 15 is 0 Å². The molecule has 0 saturated carbocycles. The fraction of sp³-hybridized carbons (Fsp3) is 0.458. The first-order chi connectivity index (χ1) is 13.9. The van der Waals surface area contributed by atoms with E-state index in [-0.39, 0.29) is 5.91 Å². The second kappa shape index (κ2) is 11.5. The van der Waals surface area contributed by atoms with Gasteiger partial charge in [-0.15, -0.1) is 0 Å². The Bertz CT molecular complexity index is 754. The van der Waals surface area contributed by atoms with Crippen molar-refractivity contribution in [1.82, 2.24) is 5.32 Å². The number of carbonyl (C=O) groups is 1. The molecular weight excluding hydrogens is 364 g/mol. The lowest BCUT2D eigenvalue weighted by Crippen LogP contribution is -2.41. The van der Waals surface area contributed by atoms with Crippen LogP contribution in [0.3, 0.4) is 0 Å². The summed E-state index contributed by atoms with van der Waals surface area (Å²) in [6.07, 6.45) is 4.35. The zero-order valence-corrected chi connectivity index (χ0v) is 18.2. The van der Waals surface area contributed by atoms with Crippen molar-refractivity contribution < 1.29 is 18.8 Å². The van der Waals surface area contributed by atoms with Gasteiger partial charge in [0.05, 0.1) is 47.9 Å². The maximum atomic E-state index is 12.3. The molecule has 0 bridgehead atoms. The number of hydrogen-bond acceptors (Lipinski definition) is 3. The van der Waals surface area contributed by atoms with Crippen molar-refractivity contribution in [2.75, 3.05) is 47.9 Å². The van der Waals surface area contributed by atoms with Crippen LogP contribution < -0.4 is 14.8 Å². The van der Waals surface area contributed by atoms with Crippen molar-refractivity contribution in [3.05, 3.63) is 59.7 Å². The lowest BCUT2D eigenvalue weighted by atomic mass is 10.1. The molecule has 0 aliphatic heterocycles. The summed E-state index contributed by atoms with van der Waals surface area (Å²) in [7, 11) is 7.90. The fourth-order valence-corrected chi connectivity index (χ4v) is 2.97. The molecule has 158 valence electrons. The minimum Gasteiger partial charge on any atom is -0.493 e. The van der Waals surface area contributed by atoms with Gasteiger partial charge in [0.25, 0.3) is 5.91 Å². The lowest BCUT2D eigenvalue weighted by Gasteiger charge is -2.23. The molecule has 0 aromatic heterocycles. The Hall–Kier alpha value is -2.53. The van der Waals surface area contributed by atoms with Gasteiger partial charge in [-0.05, 0) is 49.4 Å². The summed E-state index contributed by atoms with van der Waals surface area (Å²) in [4.78, 5) is 12.3. The summed E-state index contributed by atoms with van der Waals surface area (Å²) < 4.78 is 12.1. The van der Waals surface area contributed by atoms with Crippen LogP contribution in [0.4, 0.5) is 0 Å². The fourth-order valence-electron chi connectivity index (χ4n) is 2.97. The molecule has 0 aliphatic carbocycles. The highest BCUT2D eigenvalue weighted by Crippen LogP contribution is 2.28. The van der Waals surface area contributed by atoms with Crippen LogP contribution in [0.5, 0.6) is 11.5 Å². The first-order valence-corrected chi connectivity index (χ1v) is 10.3. The van der Waals surface area contributed by atoms with E-state index < -0.39 is 0 Å². The molecule has 0 radical (unpaired) electrons. The van der Waals surface area contributed by atoms with E-state index in [9.17, 15) is 4.79 Å². The zero-order valence-electron chi connectivity index (χ0n) is 18.2. The number of amides is 1. The Labute approximate surface area is 175 Å². The number of nitrogens with zero attached hydrogens (tertiary/aromatic N) is 1. The SMILES string of the molecule is COc1cc(C(=O)NCC[N+](C)(C)C)ccc1OCCCCCc1ccccc1. The Balaban J connectivity index is 1.75. The molecule has 29 heavy (non-hydrogen) atoms. The smallest absolute Gasteiger partial charge is 0.251 e. The van der Waals surface area contributed by atoms with Crippen LogP contribution in [0.25, 0.3) is 0 Å². The maximum Gasteiger partial charge on any atom is 0.251 e. The highest BCUT2D eigenvalue weighted by Gasteiger charge is 2.13.